The lowest BCUT2D eigenvalue weighted by Gasteiger charge is -2.06. The highest BCUT2D eigenvalue weighted by atomic mass is 35.5. The van der Waals surface area contributed by atoms with Crippen LogP contribution in [0, 0.1) is 5.92 Å². The maximum absolute atomic E-state index is 5.22. The van der Waals surface area contributed by atoms with Crippen LogP contribution in [0.15, 0.2) is 36.7 Å². The van der Waals surface area contributed by atoms with E-state index in [1.807, 2.05) is 23.0 Å². The molecule has 0 radical (unpaired) electrons. The van der Waals surface area contributed by atoms with Gasteiger partial charge in [0.05, 0.1) is 13.3 Å². The molecule has 1 aromatic heterocycles. The normalized spacial score (nSPS) is 10.5. The minimum atomic E-state index is 0. The van der Waals surface area contributed by atoms with Gasteiger partial charge in [0.1, 0.15) is 5.75 Å². The largest absolute Gasteiger partial charge is 0.497 e. The van der Waals surface area contributed by atoms with E-state index in [-0.39, 0.29) is 12.4 Å². The molecule has 0 aliphatic heterocycles. The standard InChI is InChI=1S/C16H23N3O.ClH/c1-13(2)11-19-12-15(10-18-19)9-17-8-14-5-4-6-16(7-14)20-3;/h4-7,10,12-13,17H,8-9,11H2,1-3H3;1H. The first-order valence-electron chi connectivity index (χ1n) is 7.02. The fourth-order valence-corrected chi connectivity index (χ4v) is 2.11. The number of aromatic nitrogens is 2. The number of halogens is 1. The fraction of sp³-hybridized carbons (Fsp3) is 0.438. The summed E-state index contributed by atoms with van der Waals surface area (Å²) in [4.78, 5) is 0. The van der Waals surface area contributed by atoms with Crippen LogP contribution in [0.25, 0.3) is 0 Å². The smallest absolute Gasteiger partial charge is 0.119 e. The Morgan fingerprint density at radius 3 is 2.71 bits per heavy atom. The van der Waals surface area contributed by atoms with Crippen molar-refractivity contribution in [3.05, 3.63) is 47.8 Å². The Balaban J connectivity index is 0.00000220. The van der Waals surface area contributed by atoms with Crippen molar-refractivity contribution >= 4 is 12.4 Å². The molecule has 4 nitrogen and oxygen atoms in total. The van der Waals surface area contributed by atoms with Crippen molar-refractivity contribution in [1.82, 2.24) is 15.1 Å². The van der Waals surface area contributed by atoms with Crippen LogP contribution >= 0.6 is 12.4 Å². The lowest BCUT2D eigenvalue weighted by Crippen LogP contribution is -2.12. The summed E-state index contributed by atoms with van der Waals surface area (Å²) in [6.45, 7) is 7.02. The van der Waals surface area contributed by atoms with Gasteiger partial charge in [-0.2, -0.15) is 5.10 Å². The van der Waals surface area contributed by atoms with Crippen LogP contribution < -0.4 is 10.1 Å². The van der Waals surface area contributed by atoms with Crippen molar-refractivity contribution in [2.24, 2.45) is 5.92 Å². The predicted molar refractivity (Wildman–Crippen MR) is 87.9 cm³/mol. The van der Waals surface area contributed by atoms with Gasteiger partial charge in [0.25, 0.3) is 0 Å². The molecule has 0 unspecified atom stereocenters. The molecule has 0 amide bonds. The van der Waals surface area contributed by atoms with E-state index in [2.05, 4.69) is 42.6 Å². The zero-order valence-corrected chi connectivity index (χ0v) is 13.7. The molecule has 1 heterocycles. The topological polar surface area (TPSA) is 39.1 Å². The summed E-state index contributed by atoms with van der Waals surface area (Å²) in [6.07, 6.45) is 4.04. The molecule has 0 saturated carbocycles. The third-order valence-corrected chi connectivity index (χ3v) is 3.03. The second kappa shape index (κ2) is 8.70. The third kappa shape index (κ3) is 5.78. The van der Waals surface area contributed by atoms with E-state index in [0.717, 1.165) is 25.4 Å². The number of ether oxygens (including phenoxy) is 1. The van der Waals surface area contributed by atoms with Crippen molar-refractivity contribution < 1.29 is 4.74 Å². The first kappa shape index (κ1) is 17.5. The van der Waals surface area contributed by atoms with E-state index in [1.54, 1.807) is 7.11 Å². The molecule has 21 heavy (non-hydrogen) atoms. The van der Waals surface area contributed by atoms with Gasteiger partial charge in [0.15, 0.2) is 0 Å². The molecule has 0 saturated heterocycles. The van der Waals surface area contributed by atoms with Crippen LogP contribution in [0.2, 0.25) is 0 Å². The molecule has 5 heteroatoms. The van der Waals surface area contributed by atoms with Crippen LogP contribution in [-0.4, -0.2) is 16.9 Å². The molecule has 1 aromatic carbocycles. The van der Waals surface area contributed by atoms with Crippen LogP contribution in [0.1, 0.15) is 25.0 Å². The quantitative estimate of drug-likeness (QED) is 0.853. The van der Waals surface area contributed by atoms with Crippen LogP contribution in [0.5, 0.6) is 5.75 Å². The number of nitrogens with one attached hydrogen (secondary N) is 1. The van der Waals surface area contributed by atoms with Crippen molar-refractivity contribution in [3.63, 3.8) is 0 Å². The Morgan fingerprint density at radius 1 is 1.24 bits per heavy atom. The Labute approximate surface area is 132 Å². The van der Waals surface area contributed by atoms with E-state index >= 15 is 0 Å². The minimum Gasteiger partial charge on any atom is -0.497 e. The highest BCUT2D eigenvalue weighted by molar-refractivity contribution is 5.85. The molecule has 0 fully saturated rings. The second-order valence-corrected chi connectivity index (χ2v) is 5.42. The highest BCUT2D eigenvalue weighted by Gasteiger charge is 2.01. The molecule has 0 spiro atoms. The summed E-state index contributed by atoms with van der Waals surface area (Å²) in [5.74, 6) is 1.52. The zero-order valence-electron chi connectivity index (χ0n) is 12.9. The molecule has 0 aliphatic carbocycles. The molecule has 0 bridgehead atoms. The summed E-state index contributed by atoms with van der Waals surface area (Å²) in [7, 11) is 1.69. The maximum Gasteiger partial charge on any atom is 0.119 e. The van der Waals surface area contributed by atoms with Gasteiger partial charge < -0.3 is 10.1 Å². The minimum absolute atomic E-state index is 0. The molecule has 1 N–H and O–H groups in total. The van der Waals surface area contributed by atoms with Crippen LogP contribution in [-0.2, 0) is 19.6 Å². The average Bonchev–Trinajstić information content (AvgIpc) is 2.86. The van der Waals surface area contributed by atoms with E-state index in [1.165, 1.54) is 11.1 Å². The van der Waals surface area contributed by atoms with E-state index in [4.69, 9.17) is 4.74 Å². The van der Waals surface area contributed by atoms with Gasteiger partial charge in [-0.25, -0.2) is 0 Å². The number of benzene rings is 1. The van der Waals surface area contributed by atoms with E-state index < -0.39 is 0 Å². The predicted octanol–water partition coefficient (Wildman–Crippen LogP) is 3.26. The van der Waals surface area contributed by atoms with Gasteiger partial charge in [0.2, 0.25) is 0 Å². The summed E-state index contributed by atoms with van der Waals surface area (Å²) in [5.41, 5.74) is 2.44. The van der Waals surface area contributed by atoms with Gasteiger partial charge in [0, 0.05) is 31.4 Å². The zero-order chi connectivity index (χ0) is 14.4. The number of hydrogen-bond acceptors (Lipinski definition) is 3. The van der Waals surface area contributed by atoms with Crippen molar-refractivity contribution in [3.8, 4) is 5.75 Å². The summed E-state index contributed by atoms with van der Waals surface area (Å²) >= 11 is 0. The first-order valence-corrected chi connectivity index (χ1v) is 7.02. The van der Waals surface area contributed by atoms with E-state index in [9.17, 15) is 0 Å². The molecular weight excluding hydrogens is 286 g/mol. The Kier molecular flexibility index (Phi) is 7.26. The maximum atomic E-state index is 5.22. The second-order valence-electron chi connectivity index (χ2n) is 5.42. The SMILES string of the molecule is COc1cccc(CNCc2cnn(CC(C)C)c2)c1.Cl. The first-order chi connectivity index (χ1) is 9.67. The summed E-state index contributed by atoms with van der Waals surface area (Å²) < 4.78 is 7.23. The molecule has 0 atom stereocenters. The molecule has 2 aromatic rings. The van der Waals surface area contributed by atoms with Gasteiger partial charge >= 0.3 is 0 Å². The van der Waals surface area contributed by atoms with Crippen molar-refractivity contribution in [2.75, 3.05) is 7.11 Å². The van der Waals surface area contributed by atoms with Crippen LogP contribution in [0.3, 0.4) is 0 Å². The Hall–Kier alpha value is -1.52. The number of rotatable bonds is 7. The summed E-state index contributed by atoms with van der Waals surface area (Å²) in [5, 5.41) is 7.79. The average molecular weight is 310 g/mol. The summed E-state index contributed by atoms with van der Waals surface area (Å²) in [6, 6.07) is 8.11. The lowest BCUT2D eigenvalue weighted by molar-refractivity contribution is 0.414. The highest BCUT2D eigenvalue weighted by Crippen LogP contribution is 2.12. The van der Waals surface area contributed by atoms with Gasteiger partial charge in [-0.05, 0) is 23.6 Å². The fourth-order valence-electron chi connectivity index (χ4n) is 2.11. The molecule has 2 rings (SSSR count). The van der Waals surface area contributed by atoms with Crippen LogP contribution in [0.4, 0.5) is 0 Å². The Bertz CT molecular complexity index is 540. The monoisotopic (exact) mass is 309 g/mol. The number of hydrogen-bond donors (Lipinski definition) is 1. The van der Waals surface area contributed by atoms with Gasteiger partial charge in [-0.1, -0.05) is 26.0 Å². The van der Waals surface area contributed by atoms with E-state index in [0.29, 0.717) is 5.92 Å². The molecule has 0 aliphatic rings. The van der Waals surface area contributed by atoms with Crippen molar-refractivity contribution in [2.45, 2.75) is 33.5 Å². The van der Waals surface area contributed by atoms with Gasteiger partial charge in [-0.15, -0.1) is 12.4 Å². The Morgan fingerprint density at radius 2 is 2.00 bits per heavy atom. The molecule has 116 valence electrons. The van der Waals surface area contributed by atoms with Gasteiger partial charge in [-0.3, -0.25) is 4.68 Å². The van der Waals surface area contributed by atoms with Crippen molar-refractivity contribution in [1.29, 1.82) is 0 Å². The number of nitrogens with zero attached hydrogens (tertiary/aromatic N) is 2. The molecular formula is C16H24ClN3O. The lowest BCUT2D eigenvalue weighted by atomic mass is 10.2. The number of methoxy groups -OCH3 is 1. The third-order valence-electron chi connectivity index (χ3n) is 3.03.